The summed E-state index contributed by atoms with van der Waals surface area (Å²) in [7, 11) is 0. The highest BCUT2D eigenvalue weighted by Gasteiger charge is 2.28. The lowest BCUT2D eigenvalue weighted by Gasteiger charge is -2.08. The van der Waals surface area contributed by atoms with E-state index >= 15 is 0 Å². The summed E-state index contributed by atoms with van der Waals surface area (Å²) >= 11 is 8.65. The minimum absolute atomic E-state index is 0.0527. The van der Waals surface area contributed by atoms with Crippen molar-refractivity contribution in [3.8, 4) is 0 Å². The smallest absolute Gasteiger partial charge is 0.256 e. The van der Waals surface area contributed by atoms with Gasteiger partial charge in [-0.25, -0.2) is 0 Å². The van der Waals surface area contributed by atoms with Gasteiger partial charge >= 0.3 is 0 Å². The maximum absolute atomic E-state index is 12.2. The average Bonchev–Trinajstić information content (AvgIpc) is 2.97. The van der Waals surface area contributed by atoms with Gasteiger partial charge < -0.3 is 5.32 Å². The van der Waals surface area contributed by atoms with Crippen LogP contribution in [0.4, 0.5) is 5.69 Å². The molecule has 1 N–H and O–H groups in total. The van der Waals surface area contributed by atoms with Crippen molar-refractivity contribution in [2.45, 2.75) is 6.92 Å². The van der Waals surface area contributed by atoms with Gasteiger partial charge in [-0.2, -0.15) is 11.3 Å². The lowest BCUT2D eigenvalue weighted by atomic mass is 10.00. The molecule has 0 saturated carbocycles. The lowest BCUT2D eigenvalue weighted by molar-refractivity contribution is -0.110. The molecular formula is C14H9Br2NOS. The Morgan fingerprint density at radius 1 is 1.32 bits per heavy atom. The predicted octanol–water partition coefficient (Wildman–Crippen LogP) is 5.07. The second kappa shape index (κ2) is 4.89. The highest BCUT2D eigenvalue weighted by Crippen LogP contribution is 2.43. The van der Waals surface area contributed by atoms with Crippen LogP contribution in [0.25, 0.3) is 11.6 Å². The van der Waals surface area contributed by atoms with Crippen LogP contribution in [0.1, 0.15) is 16.7 Å². The summed E-state index contributed by atoms with van der Waals surface area (Å²) in [6, 6.07) is 3.97. The molecular weight excluding hydrogens is 390 g/mol. The van der Waals surface area contributed by atoms with E-state index in [0.717, 1.165) is 31.3 Å². The number of carbonyl (C=O) groups is 1. The van der Waals surface area contributed by atoms with Gasteiger partial charge in [0.25, 0.3) is 5.91 Å². The third-order valence-electron chi connectivity index (χ3n) is 3.08. The van der Waals surface area contributed by atoms with E-state index < -0.39 is 0 Å². The minimum atomic E-state index is -0.0527. The fourth-order valence-electron chi connectivity index (χ4n) is 2.13. The van der Waals surface area contributed by atoms with E-state index in [1.54, 1.807) is 11.3 Å². The molecule has 1 aromatic heterocycles. The highest BCUT2D eigenvalue weighted by molar-refractivity contribution is 9.11. The minimum Gasteiger partial charge on any atom is -0.320 e. The summed E-state index contributed by atoms with van der Waals surface area (Å²) in [4.78, 5) is 12.2. The first-order valence-corrected chi connectivity index (χ1v) is 8.15. The van der Waals surface area contributed by atoms with E-state index in [1.165, 1.54) is 0 Å². The Bertz CT molecular complexity index is 705. The zero-order valence-electron chi connectivity index (χ0n) is 9.96. The van der Waals surface area contributed by atoms with Crippen molar-refractivity contribution in [2.75, 3.05) is 5.32 Å². The predicted molar refractivity (Wildman–Crippen MR) is 87.4 cm³/mol. The number of hydrogen-bond donors (Lipinski definition) is 1. The van der Waals surface area contributed by atoms with Crippen molar-refractivity contribution >= 4 is 66.4 Å². The third-order valence-corrected chi connectivity index (χ3v) is 5.23. The van der Waals surface area contributed by atoms with Gasteiger partial charge in [0.1, 0.15) is 0 Å². The van der Waals surface area contributed by atoms with Gasteiger partial charge in [0, 0.05) is 20.1 Å². The van der Waals surface area contributed by atoms with Crippen molar-refractivity contribution in [2.24, 2.45) is 0 Å². The number of amides is 1. The number of halogens is 2. The monoisotopic (exact) mass is 397 g/mol. The zero-order valence-corrected chi connectivity index (χ0v) is 13.9. The van der Waals surface area contributed by atoms with Gasteiger partial charge in [0.15, 0.2) is 0 Å². The summed E-state index contributed by atoms with van der Waals surface area (Å²) in [5, 5.41) is 6.96. The molecule has 2 nitrogen and oxygen atoms in total. The van der Waals surface area contributed by atoms with E-state index in [2.05, 4.69) is 37.2 Å². The molecule has 1 aliphatic rings. The zero-order chi connectivity index (χ0) is 13.6. The molecule has 2 aromatic rings. The Labute approximate surface area is 131 Å². The van der Waals surface area contributed by atoms with Crippen molar-refractivity contribution in [1.29, 1.82) is 0 Å². The molecule has 0 spiro atoms. The van der Waals surface area contributed by atoms with Crippen molar-refractivity contribution < 1.29 is 4.79 Å². The fourth-order valence-corrected chi connectivity index (χ4v) is 4.01. The van der Waals surface area contributed by atoms with Gasteiger partial charge in [0.2, 0.25) is 0 Å². The highest BCUT2D eigenvalue weighted by atomic mass is 79.9. The maximum atomic E-state index is 12.2. The standard InChI is InChI=1S/C14H9Br2NOS/c1-7-10(15)5-11(16)13-12(7)9(14(18)17-13)4-8-2-3-19-6-8/h2-6H,1H3,(H,17,18). The van der Waals surface area contributed by atoms with Crippen LogP contribution in [0.3, 0.4) is 0 Å². The van der Waals surface area contributed by atoms with Gasteiger partial charge in [0.05, 0.1) is 5.69 Å². The van der Waals surface area contributed by atoms with E-state index in [-0.39, 0.29) is 5.91 Å². The van der Waals surface area contributed by atoms with Crippen LogP contribution < -0.4 is 5.32 Å². The third kappa shape index (κ3) is 2.20. The Morgan fingerprint density at radius 2 is 2.11 bits per heavy atom. The summed E-state index contributed by atoms with van der Waals surface area (Å²) < 4.78 is 1.88. The first-order chi connectivity index (χ1) is 9.08. The second-order valence-electron chi connectivity index (χ2n) is 4.28. The van der Waals surface area contributed by atoms with Crippen LogP contribution >= 0.6 is 43.2 Å². The first kappa shape index (κ1) is 13.1. The van der Waals surface area contributed by atoms with Crippen LogP contribution in [0, 0.1) is 6.92 Å². The Hall–Kier alpha value is -0.910. The number of carbonyl (C=O) groups excluding carboxylic acids is 1. The number of anilines is 1. The fraction of sp³-hybridized carbons (Fsp3) is 0.0714. The number of thiophene rings is 1. The molecule has 2 heterocycles. The molecule has 5 heteroatoms. The number of hydrogen-bond acceptors (Lipinski definition) is 2. The summed E-state index contributed by atoms with van der Waals surface area (Å²) in [6.45, 7) is 2.01. The topological polar surface area (TPSA) is 29.1 Å². The molecule has 1 aromatic carbocycles. The SMILES string of the molecule is Cc1c(Br)cc(Br)c2c1C(=Cc1ccsc1)C(=O)N2. The summed E-state index contributed by atoms with van der Waals surface area (Å²) in [5.41, 5.74) is 4.66. The van der Waals surface area contributed by atoms with Crippen LogP contribution in [0.2, 0.25) is 0 Å². The van der Waals surface area contributed by atoms with Crippen molar-refractivity contribution in [3.05, 3.63) is 48.5 Å². The molecule has 19 heavy (non-hydrogen) atoms. The van der Waals surface area contributed by atoms with Gasteiger partial charge in [-0.05, 0) is 62.9 Å². The average molecular weight is 399 g/mol. The number of nitrogens with one attached hydrogen (secondary N) is 1. The van der Waals surface area contributed by atoms with Crippen molar-refractivity contribution in [1.82, 2.24) is 0 Å². The Kier molecular flexibility index (Phi) is 3.37. The van der Waals surface area contributed by atoms with Crippen LogP contribution in [0.15, 0.2) is 31.8 Å². The molecule has 1 amide bonds. The van der Waals surface area contributed by atoms with E-state index in [0.29, 0.717) is 5.57 Å². The molecule has 0 aliphatic carbocycles. The van der Waals surface area contributed by atoms with Gasteiger partial charge in [-0.1, -0.05) is 15.9 Å². The number of benzene rings is 1. The summed E-state index contributed by atoms with van der Waals surface area (Å²) in [6.07, 6.45) is 1.93. The molecule has 3 rings (SSSR count). The largest absolute Gasteiger partial charge is 0.320 e. The summed E-state index contributed by atoms with van der Waals surface area (Å²) in [5.74, 6) is -0.0527. The van der Waals surface area contributed by atoms with Crippen molar-refractivity contribution in [3.63, 3.8) is 0 Å². The molecule has 0 bridgehead atoms. The normalized spacial score (nSPS) is 15.7. The van der Waals surface area contributed by atoms with Crippen LogP contribution in [0.5, 0.6) is 0 Å². The molecule has 0 radical (unpaired) electrons. The lowest BCUT2D eigenvalue weighted by Crippen LogP contribution is -2.03. The quantitative estimate of drug-likeness (QED) is 0.667. The Balaban J connectivity index is 2.25. The maximum Gasteiger partial charge on any atom is 0.256 e. The first-order valence-electron chi connectivity index (χ1n) is 5.62. The van der Waals surface area contributed by atoms with Gasteiger partial charge in [-0.3, -0.25) is 4.79 Å². The molecule has 0 saturated heterocycles. The van der Waals surface area contributed by atoms with E-state index in [9.17, 15) is 4.79 Å². The van der Waals surface area contributed by atoms with E-state index in [4.69, 9.17) is 0 Å². The van der Waals surface area contributed by atoms with Crippen LogP contribution in [-0.2, 0) is 4.79 Å². The Morgan fingerprint density at radius 3 is 2.79 bits per heavy atom. The van der Waals surface area contributed by atoms with Crippen LogP contribution in [-0.4, -0.2) is 5.91 Å². The molecule has 0 unspecified atom stereocenters. The van der Waals surface area contributed by atoms with Gasteiger partial charge in [-0.15, -0.1) is 0 Å². The number of fused-ring (bicyclic) bond motifs is 1. The number of rotatable bonds is 1. The molecule has 0 atom stereocenters. The van der Waals surface area contributed by atoms with E-state index in [1.807, 2.05) is 35.9 Å². The molecule has 96 valence electrons. The second-order valence-corrected chi connectivity index (χ2v) is 6.77. The molecule has 0 fully saturated rings. The molecule has 1 aliphatic heterocycles.